The Balaban J connectivity index is 1.51. The van der Waals surface area contributed by atoms with Gasteiger partial charge < -0.3 is 74.4 Å². The van der Waals surface area contributed by atoms with Crippen molar-refractivity contribution >= 4 is 11.0 Å². The van der Waals surface area contributed by atoms with E-state index in [4.69, 9.17) is 23.4 Å². The molecular weight excluding hydrogens is 580 g/mol. The van der Waals surface area contributed by atoms with Gasteiger partial charge in [-0.2, -0.15) is 0 Å². The van der Waals surface area contributed by atoms with Crippen molar-refractivity contribution in [1.82, 2.24) is 0 Å². The van der Waals surface area contributed by atoms with Crippen LogP contribution in [-0.4, -0.2) is 126 Å². The SMILES string of the molecule is O=c1cc(-c2ccc(O)cc2)oc2c(O)c(O[C@@H]3O[C@H](CO)[C@@H](O)[C@H](O)[C@H]3O[C@@H]3O[C@H](CO)[C@@H](O)[C@H](O)[C@H]3O)cc(O)c12. The third-order valence-corrected chi connectivity index (χ3v) is 7.28. The molecule has 16 heteroatoms. The van der Waals surface area contributed by atoms with Crippen molar-refractivity contribution in [3.8, 4) is 34.3 Å². The first-order chi connectivity index (χ1) is 20.4. The number of aliphatic hydroxyl groups excluding tert-OH is 7. The average Bonchev–Trinajstić information content (AvgIpc) is 2.99. The Labute approximate surface area is 241 Å². The first-order valence-corrected chi connectivity index (χ1v) is 13.0. The molecule has 16 nitrogen and oxygen atoms in total. The minimum atomic E-state index is -1.91. The molecule has 0 amide bonds. The summed E-state index contributed by atoms with van der Waals surface area (Å²) in [7, 11) is 0. The summed E-state index contributed by atoms with van der Waals surface area (Å²) in [6.07, 6.45) is -17.4. The quantitative estimate of drug-likeness (QED) is 0.125. The fourth-order valence-electron chi connectivity index (χ4n) is 4.89. The first-order valence-electron chi connectivity index (χ1n) is 13.0. The van der Waals surface area contributed by atoms with Crippen LogP contribution in [0.15, 0.2) is 45.6 Å². The highest BCUT2D eigenvalue weighted by atomic mass is 16.8. The highest BCUT2D eigenvalue weighted by molar-refractivity contribution is 5.91. The predicted molar refractivity (Wildman–Crippen MR) is 140 cm³/mol. The Bertz CT molecular complexity index is 1490. The van der Waals surface area contributed by atoms with E-state index in [1.54, 1.807) is 0 Å². The molecule has 2 aliphatic rings. The van der Waals surface area contributed by atoms with Gasteiger partial charge in [-0.15, -0.1) is 0 Å². The van der Waals surface area contributed by atoms with E-state index in [0.29, 0.717) is 5.56 Å². The number of hydrogen-bond donors (Lipinski definition) is 10. The molecule has 0 saturated carbocycles. The monoisotopic (exact) mass is 610 g/mol. The summed E-state index contributed by atoms with van der Waals surface area (Å²) in [5.74, 6) is -2.15. The van der Waals surface area contributed by atoms with E-state index in [1.165, 1.54) is 24.3 Å². The fraction of sp³-hybridized carbons (Fsp3) is 0.444. The summed E-state index contributed by atoms with van der Waals surface area (Å²) in [5, 5.41) is 102. The molecule has 3 aromatic rings. The summed E-state index contributed by atoms with van der Waals surface area (Å²) in [5.41, 5.74) is -0.902. The molecule has 0 spiro atoms. The van der Waals surface area contributed by atoms with E-state index in [-0.39, 0.29) is 11.5 Å². The number of fused-ring (bicyclic) bond motifs is 1. The van der Waals surface area contributed by atoms with E-state index in [9.17, 15) is 55.9 Å². The summed E-state index contributed by atoms with van der Waals surface area (Å²) >= 11 is 0. The minimum Gasteiger partial charge on any atom is -0.508 e. The molecule has 0 unspecified atom stereocenters. The largest absolute Gasteiger partial charge is 0.508 e. The van der Waals surface area contributed by atoms with Crippen molar-refractivity contribution in [3.63, 3.8) is 0 Å². The van der Waals surface area contributed by atoms with Crippen LogP contribution in [0.4, 0.5) is 0 Å². The van der Waals surface area contributed by atoms with Gasteiger partial charge in [0.2, 0.25) is 12.0 Å². The molecule has 5 rings (SSSR count). The lowest BCUT2D eigenvalue weighted by atomic mass is 9.97. The number of aliphatic hydroxyl groups is 7. The molecular formula is C27H30O16. The van der Waals surface area contributed by atoms with Crippen molar-refractivity contribution in [1.29, 1.82) is 0 Å². The van der Waals surface area contributed by atoms with Crippen LogP contribution in [0.25, 0.3) is 22.3 Å². The molecule has 2 aromatic carbocycles. The number of hydrogen-bond acceptors (Lipinski definition) is 16. The second-order valence-electron chi connectivity index (χ2n) is 10.1. The number of benzene rings is 2. The maximum Gasteiger partial charge on any atom is 0.229 e. The van der Waals surface area contributed by atoms with Crippen molar-refractivity contribution in [2.24, 2.45) is 0 Å². The number of phenolic OH excluding ortho intramolecular Hbond substituents is 3. The van der Waals surface area contributed by atoms with Gasteiger partial charge >= 0.3 is 0 Å². The van der Waals surface area contributed by atoms with Gasteiger partial charge in [0, 0.05) is 17.7 Å². The van der Waals surface area contributed by atoms with Crippen molar-refractivity contribution in [3.05, 3.63) is 46.6 Å². The van der Waals surface area contributed by atoms with E-state index in [0.717, 1.165) is 12.1 Å². The summed E-state index contributed by atoms with van der Waals surface area (Å²) in [6, 6.07) is 7.46. The van der Waals surface area contributed by atoms with Crippen LogP contribution < -0.4 is 10.2 Å². The van der Waals surface area contributed by atoms with Crippen LogP contribution in [0, 0.1) is 0 Å². The van der Waals surface area contributed by atoms with E-state index in [2.05, 4.69) is 0 Å². The van der Waals surface area contributed by atoms with Crippen LogP contribution >= 0.6 is 0 Å². The Hall–Kier alpha value is -3.55. The minimum absolute atomic E-state index is 0.0408. The Morgan fingerprint density at radius 3 is 1.98 bits per heavy atom. The topological polar surface area (TPSA) is 269 Å². The summed E-state index contributed by atoms with van der Waals surface area (Å²) in [6.45, 7) is -1.60. The Morgan fingerprint density at radius 2 is 1.35 bits per heavy atom. The van der Waals surface area contributed by atoms with Gasteiger partial charge in [0.15, 0.2) is 29.2 Å². The van der Waals surface area contributed by atoms with Crippen molar-refractivity contribution in [2.75, 3.05) is 13.2 Å². The van der Waals surface area contributed by atoms with Crippen LogP contribution in [0.5, 0.6) is 23.0 Å². The molecule has 10 atom stereocenters. The van der Waals surface area contributed by atoms with Gasteiger partial charge in [0.25, 0.3) is 0 Å². The average molecular weight is 611 g/mol. The number of phenols is 3. The van der Waals surface area contributed by atoms with Gasteiger partial charge in [-0.25, -0.2) is 0 Å². The zero-order chi connectivity index (χ0) is 31.2. The third kappa shape index (κ3) is 5.73. The van der Waals surface area contributed by atoms with Gasteiger partial charge in [-0.3, -0.25) is 4.79 Å². The molecule has 0 aliphatic carbocycles. The summed E-state index contributed by atoms with van der Waals surface area (Å²) < 4.78 is 27.8. The Morgan fingerprint density at radius 1 is 0.744 bits per heavy atom. The van der Waals surface area contributed by atoms with Gasteiger partial charge in [-0.1, -0.05) is 0 Å². The molecule has 234 valence electrons. The van der Waals surface area contributed by atoms with Crippen molar-refractivity contribution < 1.29 is 74.4 Å². The van der Waals surface area contributed by atoms with Crippen LogP contribution in [0.2, 0.25) is 0 Å². The normalized spacial score (nSPS) is 33.0. The molecule has 0 bridgehead atoms. The van der Waals surface area contributed by atoms with Gasteiger partial charge in [-0.05, 0) is 24.3 Å². The first kappa shape index (κ1) is 30.9. The lowest BCUT2D eigenvalue weighted by Crippen LogP contribution is -2.65. The molecule has 1 aromatic heterocycles. The van der Waals surface area contributed by atoms with Crippen LogP contribution in [0.3, 0.4) is 0 Å². The van der Waals surface area contributed by atoms with Crippen LogP contribution in [-0.2, 0) is 14.2 Å². The standard InChI is InChI=1S/C27H30O16/c28-7-15-18(33)21(36)23(38)26(41-15)43-25-22(37)19(34)16(8-29)42-27(25)40-14-6-12(32)17-11(31)5-13(39-24(17)20(14)35)9-1-3-10(30)4-2-9/h1-6,15-16,18-19,21-23,25-30,32-38H,7-8H2/t15-,16-,18-,19-,21+,22+,23-,25-,26+,27-/m1/s1. The maximum absolute atomic E-state index is 12.8. The fourth-order valence-corrected chi connectivity index (χ4v) is 4.89. The zero-order valence-electron chi connectivity index (χ0n) is 22.1. The molecule has 2 fully saturated rings. The third-order valence-electron chi connectivity index (χ3n) is 7.28. The second kappa shape index (κ2) is 12.2. The number of aromatic hydroxyl groups is 3. The molecule has 3 heterocycles. The highest BCUT2D eigenvalue weighted by Gasteiger charge is 2.51. The zero-order valence-corrected chi connectivity index (χ0v) is 22.1. The molecule has 43 heavy (non-hydrogen) atoms. The van der Waals surface area contributed by atoms with Gasteiger partial charge in [0.05, 0.1) is 13.2 Å². The predicted octanol–water partition coefficient (Wildman–Crippen LogP) is -2.42. The molecule has 0 radical (unpaired) electrons. The van der Waals surface area contributed by atoms with Crippen molar-refractivity contribution in [2.45, 2.75) is 61.4 Å². The van der Waals surface area contributed by atoms with E-state index >= 15 is 0 Å². The van der Waals surface area contributed by atoms with Gasteiger partial charge in [0.1, 0.15) is 65.4 Å². The number of ether oxygens (including phenoxy) is 4. The molecule has 10 N–H and O–H groups in total. The van der Waals surface area contributed by atoms with Crippen LogP contribution in [0.1, 0.15) is 0 Å². The highest BCUT2D eigenvalue weighted by Crippen LogP contribution is 2.42. The van der Waals surface area contributed by atoms with E-state index < -0.39 is 108 Å². The second-order valence-corrected chi connectivity index (χ2v) is 10.1. The lowest BCUT2D eigenvalue weighted by molar-refractivity contribution is -0.358. The Kier molecular flexibility index (Phi) is 8.77. The molecule has 2 saturated heterocycles. The smallest absolute Gasteiger partial charge is 0.229 e. The molecule has 2 aliphatic heterocycles. The maximum atomic E-state index is 12.8. The number of rotatable bonds is 7. The summed E-state index contributed by atoms with van der Waals surface area (Å²) in [4.78, 5) is 12.8. The lowest BCUT2D eigenvalue weighted by Gasteiger charge is -2.45. The van der Waals surface area contributed by atoms with E-state index in [1.807, 2.05) is 0 Å².